The highest BCUT2D eigenvalue weighted by Crippen LogP contribution is 2.41. The number of para-hydroxylation sites is 1. The number of fused-ring (bicyclic) bond motifs is 1. The van der Waals surface area contributed by atoms with Crippen LogP contribution in [-0.2, 0) is 16.0 Å². The molecular weight excluding hydrogens is 342 g/mol. The van der Waals surface area contributed by atoms with Gasteiger partial charge in [-0.25, -0.2) is 0 Å². The standard InChI is InChI=1S/C18H13NO7/c20-17(21)13(18(22)23)9-11-7-4-8-12-14(10-5-2-1-3-6-10)16(19(24)25)26-15(11)12/h1-8,13H,9H2,(H,20,21)(H,22,23). The predicted octanol–water partition coefficient (Wildman–Crippen LogP) is 3.34. The van der Waals surface area contributed by atoms with Gasteiger partial charge in [-0.1, -0.05) is 48.5 Å². The highest BCUT2D eigenvalue weighted by Gasteiger charge is 2.30. The zero-order valence-electron chi connectivity index (χ0n) is 13.3. The fourth-order valence-corrected chi connectivity index (χ4v) is 2.84. The summed E-state index contributed by atoms with van der Waals surface area (Å²) in [6.07, 6.45) is -0.346. The first-order valence-corrected chi connectivity index (χ1v) is 7.60. The van der Waals surface area contributed by atoms with Gasteiger partial charge in [0.25, 0.3) is 0 Å². The van der Waals surface area contributed by atoms with E-state index in [0.29, 0.717) is 10.9 Å². The first-order valence-electron chi connectivity index (χ1n) is 7.60. The molecule has 132 valence electrons. The van der Waals surface area contributed by atoms with E-state index in [1.807, 2.05) is 0 Å². The molecule has 0 fully saturated rings. The van der Waals surface area contributed by atoms with Gasteiger partial charge in [0.15, 0.2) is 5.92 Å². The Balaban J connectivity index is 2.22. The Bertz CT molecular complexity index is 993. The summed E-state index contributed by atoms with van der Waals surface area (Å²) in [5.74, 6) is -5.12. The smallest absolute Gasteiger partial charge is 0.442 e. The molecule has 0 amide bonds. The quantitative estimate of drug-likeness (QED) is 0.394. The zero-order valence-corrected chi connectivity index (χ0v) is 13.3. The minimum atomic E-state index is -1.68. The minimum absolute atomic E-state index is 0.116. The Labute approximate surface area is 146 Å². The molecule has 8 nitrogen and oxygen atoms in total. The van der Waals surface area contributed by atoms with E-state index in [-0.39, 0.29) is 23.1 Å². The fraction of sp³-hybridized carbons (Fsp3) is 0.111. The average molecular weight is 355 g/mol. The number of benzene rings is 2. The molecule has 8 heteroatoms. The van der Waals surface area contributed by atoms with Gasteiger partial charge >= 0.3 is 17.8 Å². The number of carboxylic acid groups (broad SMARTS) is 2. The van der Waals surface area contributed by atoms with Crippen LogP contribution in [0, 0.1) is 16.0 Å². The van der Waals surface area contributed by atoms with E-state index in [9.17, 15) is 19.7 Å². The molecule has 0 bridgehead atoms. The Hall–Kier alpha value is -3.68. The number of nitro groups is 1. The van der Waals surface area contributed by atoms with Gasteiger partial charge in [-0.15, -0.1) is 0 Å². The first kappa shape index (κ1) is 17.2. The molecule has 0 atom stereocenters. The number of carbonyl (C=O) groups is 2. The molecule has 0 radical (unpaired) electrons. The molecule has 3 rings (SSSR count). The summed E-state index contributed by atoms with van der Waals surface area (Å²) in [5, 5.41) is 30.0. The maximum absolute atomic E-state index is 11.4. The van der Waals surface area contributed by atoms with E-state index in [1.54, 1.807) is 42.5 Å². The number of furan rings is 1. The maximum Gasteiger partial charge on any atom is 0.442 e. The van der Waals surface area contributed by atoms with Crippen LogP contribution in [0.25, 0.3) is 22.1 Å². The van der Waals surface area contributed by atoms with Crippen LogP contribution in [0.2, 0.25) is 0 Å². The van der Waals surface area contributed by atoms with Crippen LogP contribution in [0.3, 0.4) is 0 Å². The normalized spacial score (nSPS) is 11.0. The van der Waals surface area contributed by atoms with Gasteiger partial charge in [0.05, 0.1) is 0 Å². The van der Waals surface area contributed by atoms with Crippen molar-refractivity contribution in [1.82, 2.24) is 0 Å². The predicted molar refractivity (Wildman–Crippen MR) is 90.8 cm³/mol. The van der Waals surface area contributed by atoms with Crippen molar-refractivity contribution < 1.29 is 29.1 Å². The second-order valence-corrected chi connectivity index (χ2v) is 5.63. The second kappa shape index (κ2) is 6.67. The lowest BCUT2D eigenvalue weighted by molar-refractivity contribution is -0.400. The molecule has 3 aromatic rings. The lowest BCUT2D eigenvalue weighted by Crippen LogP contribution is -2.25. The molecule has 0 aliphatic carbocycles. The van der Waals surface area contributed by atoms with Gasteiger partial charge < -0.3 is 14.6 Å². The van der Waals surface area contributed by atoms with Gasteiger partial charge in [-0.2, -0.15) is 0 Å². The number of nitrogens with zero attached hydrogens (tertiary/aromatic N) is 1. The van der Waals surface area contributed by atoms with Crippen LogP contribution >= 0.6 is 0 Å². The summed E-state index contributed by atoms with van der Waals surface area (Å²) in [5.41, 5.74) is 1.24. The summed E-state index contributed by atoms with van der Waals surface area (Å²) in [7, 11) is 0. The molecule has 1 aromatic heterocycles. The molecule has 0 aliphatic heterocycles. The topological polar surface area (TPSA) is 131 Å². The second-order valence-electron chi connectivity index (χ2n) is 5.63. The van der Waals surface area contributed by atoms with E-state index in [4.69, 9.17) is 14.6 Å². The van der Waals surface area contributed by atoms with Crippen molar-refractivity contribution in [2.24, 2.45) is 5.92 Å². The molecule has 0 saturated carbocycles. The van der Waals surface area contributed by atoms with E-state index in [2.05, 4.69) is 0 Å². The SMILES string of the molecule is O=C(O)C(Cc1cccc2c(-c3ccccc3)c([N+](=O)[O-])oc12)C(=O)O. The third-order valence-electron chi connectivity index (χ3n) is 4.03. The highest BCUT2D eigenvalue weighted by molar-refractivity contribution is 6.00. The summed E-state index contributed by atoms with van der Waals surface area (Å²) in [6.45, 7) is 0. The van der Waals surface area contributed by atoms with Crippen molar-refractivity contribution in [3.8, 4) is 11.1 Å². The molecule has 0 spiro atoms. The molecule has 0 saturated heterocycles. The Morgan fingerprint density at radius 2 is 1.69 bits per heavy atom. The molecule has 26 heavy (non-hydrogen) atoms. The van der Waals surface area contributed by atoms with Gasteiger partial charge in [-0.05, 0) is 11.1 Å². The third-order valence-corrected chi connectivity index (χ3v) is 4.03. The van der Waals surface area contributed by atoms with Crippen LogP contribution in [0.4, 0.5) is 5.88 Å². The van der Waals surface area contributed by atoms with E-state index in [1.165, 1.54) is 6.07 Å². The van der Waals surface area contributed by atoms with Crippen LogP contribution < -0.4 is 0 Å². The fourth-order valence-electron chi connectivity index (χ4n) is 2.84. The molecule has 0 unspecified atom stereocenters. The zero-order chi connectivity index (χ0) is 18.8. The first-order chi connectivity index (χ1) is 12.4. The monoisotopic (exact) mass is 355 g/mol. The molecule has 1 heterocycles. The molecule has 2 N–H and O–H groups in total. The van der Waals surface area contributed by atoms with Crippen molar-refractivity contribution >= 4 is 28.8 Å². The van der Waals surface area contributed by atoms with Crippen LogP contribution in [0.5, 0.6) is 0 Å². The summed E-state index contributed by atoms with van der Waals surface area (Å²) >= 11 is 0. The van der Waals surface area contributed by atoms with E-state index >= 15 is 0 Å². The largest absolute Gasteiger partial charge is 0.481 e. The molecule has 2 aromatic carbocycles. The molecule has 0 aliphatic rings. The van der Waals surface area contributed by atoms with Crippen molar-refractivity contribution in [2.45, 2.75) is 6.42 Å². The van der Waals surface area contributed by atoms with Crippen LogP contribution in [0.1, 0.15) is 5.56 Å². The van der Waals surface area contributed by atoms with Crippen LogP contribution in [0.15, 0.2) is 52.9 Å². The Morgan fingerprint density at radius 3 is 2.27 bits per heavy atom. The number of rotatable bonds is 6. The minimum Gasteiger partial charge on any atom is -0.481 e. The average Bonchev–Trinajstić information content (AvgIpc) is 3.00. The van der Waals surface area contributed by atoms with Crippen molar-refractivity contribution in [2.75, 3.05) is 0 Å². The highest BCUT2D eigenvalue weighted by atomic mass is 16.6. The summed E-state index contributed by atoms with van der Waals surface area (Å²) in [4.78, 5) is 33.1. The van der Waals surface area contributed by atoms with Crippen molar-refractivity contribution in [3.05, 3.63) is 64.2 Å². The van der Waals surface area contributed by atoms with E-state index in [0.717, 1.165) is 0 Å². The lowest BCUT2D eigenvalue weighted by atomic mass is 9.96. The van der Waals surface area contributed by atoms with Gasteiger partial charge in [-0.3, -0.25) is 19.7 Å². The molecular formula is C18H13NO7. The number of hydrogen-bond donors (Lipinski definition) is 2. The third kappa shape index (κ3) is 3.00. The van der Waals surface area contributed by atoms with Gasteiger partial charge in [0, 0.05) is 11.8 Å². The summed E-state index contributed by atoms with van der Waals surface area (Å²) in [6, 6.07) is 13.3. The number of aliphatic carboxylic acids is 2. The Kier molecular flexibility index (Phi) is 4.40. The van der Waals surface area contributed by atoms with Crippen LogP contribution in [-0.4, -0.2) is 27.1 Å². The summed E-state index contributed by atoms with van der Waals surface area (Å²) < 4.78 is 5.42. The number of hydrogen-bond acceptors (Lipinski definition) is 5. The van der Waals surface area contributed by atoms with Crippen molar-refractivity contribution in [1.29, 1.82) is 0 Å². The van der Waals surface area contributed by atoms with Crippen molar-refractivity contribution in [3.63, 3.8) is 0 Å². The Morgan fingerprint density at radius 1 is 1.04 bits per heavy atom. The van der Waals surface area contributed by atoms with Gasteiger partial charge in [0.1, 0.15) is 16.1 Å². The van der Waals surface area contributed by atoms with Gasteiger partial charge in [0.2, 0.25) is 0 Å². The maximum atomic E-state index is 11.4. The number of carboxylic acids is 2. The lowest BCUT2D eigenvalue weighted by Gasteiger charge is -2.07. The van der Waals surface area contributed by atoms with E-state index < -0.39 is 28.7 Å².